The van der Waals surface area contributed by atoms with E-state index in [2.05, 4.69) is 36.3 Å². The molecule has 1 aromatic carbocycles. The van der Waals surface area contributed by atoms with Crippen molar-refractivity contribution in [3.8, 4) is 5.69 Å². The standard InChI is InChI=1S/C17H14BrF2N7/c1-2-10(14-6-11(18)16-17(21)22-8-23-27(14)16)13-7-26(25-24-13)15-5-9(19)3-4-12(15)20/h3-8,10H,2H2,1H3,(H2,21,22,23). The van der Waals surface area contributed by atoms with Gasteiger partial charge in [0.1, 0.15) is 29.2 Å². The number of benzene rings is 1. The first kappa shape index (κ1) is 17.5. The number of hydrogen-bond donors (Lipinski definition) is 1. The van der Waals surface area contributed by atoms with Crippen LogP contribution in [-0.4, -0.2) is 29.6 Å². The Morgan fingerprint density at radius 1 is 1.26 bits per heavy atom. The first-order valence-electron chi connectivity index (χ1n) is 8.15. The minimum atomic E-state index is -0.586. The van der Waals surface area contributed by atoms with Crippen LogP contribution in [0.5, 0.6) is 0 Å². The zero-order valence-electron chi connectivity index (χ0n) is 14.1. The van der Waals surface area contributed by atoms with Crippen molar-refractivity contribution in [2.75, 3.05) is 5.73 Å². The lowest BCUT2D eigenvalue weighted by atomic mass is 9.99. The third kappa shape index (κ3) is 2.95. The summed E-state index contributed by atoms with van der Waals surface area (Å²) in [6.07, 6.45) is 3.65. The van der Waals surface area contributed by atoms with E-state index in [-0.39, 0.29) is 11.6 Å². The summed E-state index contributed by atoms with van der Waals surface area (Å²) in [7, 11) is 0. The zero-order valence-corrected chi connectivity index (χ0v) is 15.7. The number of rotatable bonds is 4. The molecule has 2 N–H and O–H groups in total. The van der Waals surface area contributed by atoms with Gasteiger partial charge in [0.25, 0.3) is 0 Å². The molecule has 10 heteroatoms. The summed E-state index contributed by atoms with van der Waals surface area (Å²) in [5, 5.41) is 12.4. The quantitative estimate of drug-likeness (QED) is 0.532. The number of nitrogens with two attached hydrogens (primary N) is 1. The zero-order chi connectivity index (χ0) is 19.1. The van der Waals surface area contributed by atoms with Crippen molar-refractivity contribution in [1.29, 1.82) is 0 Å². The normalized spacial score (nSPS) is 12.6. The largest absolute Gasteiger partial charge is 0.382 e. The minimum absolute atomic E-state index is 0.00336. The van der Waals surface area contributed by atoms with Gasteiger partial charge < -0.3 is 5.73 Å². The Balaban J connectivity index is 1.80. The summed E-state index contributed by atoms with van der Waals surface area (Å²) < 4.78 is 31.2. The fraction of sp³-hybridized carbons (Fsp3) is 0.176. The summed E-state index contributed by atoms with van der Waals surface area (Å²) in [5.74, 6) is -0.964. The van der Waals surface area contributed by atoms with Crippen molar-refractivity contribution in [1.82, 2.24) is 29.6 Å². The Hall–Kier alpha value is -2.88. The molecule has 138 valence electrons. The molecule has 4 rings (SSSR count). The average molecular weight is 434 g/mol. The molecule has 0 radical (unpaired) electrons. The molecular weight excluding hydrogens is 420 g/mol. The van der Waals surface area contributed by atoms with Crippen molar-refractivity contribution in [2.24, 2.45) is 0 Å². The van der Waals surface area contributed by atoms with Gasteiger partial charge in [-0.3, -0.25) is 0 Å². The lowest BCUT2D eigenvalue weighted by molar-refractivity contribution is 0.584. The number of hydrogen-bond acceptors (Lipinski definition) is 5. The first-order chi connectivity index (χ1) is 13.0. The number of aromatic nitrogens is 6. The van der Waals surface area contributed by atoms with Gasteiger partial charge in [0.05, 0.1) is 17.6 Å². The molecule has 7 nitrogen and oxygen atoms in total. The molecule has 0 aliphatic heterocycles. The number of anilines is 1. The highest BCUT2D eigenvalue weighted by Gasteiger charge is 2.23. The molecule has 1 atom stereocenters. The fourth-order valence-electron chi connectivity index (χ4n) is 3.08. The second kappa shape index (κ2) is 6.69. The summed E-state index contributed by atoms with van der Waals surface area (Å²) in [5.41, 5.74) is 8.04. The lowest BCUT2D eigenvalue weighted by Crippen LogP contribution is -2.07. The van der Waals surface area contributed by atoms with E-state index in [1.807, 2.05) is 13.0 Å². The van der Waals surface area contributed by atoms with Crippen LogP contribution >= 0.6 is 15.9 Å². The Morgan fingerprint density at radius 2 is 2.07 bits per heavy atom. The van der Waals surface area contributed by atoms with Crippen LogP contribution in [0, 0.1) is 11.6 Å². The number of nitrogens with zero attached hydrogens (tertiary/aromatic N) is 6. The van der Waals surface area contributed by atoms with Crippen LogP contribution in [0.15, 0.2) is 41.3 Å². The summed E-state index contributed by atoms with van der Waals surface area (Å²) >= 11 is 3.48. The van der Waals surface area contributed by atoms with E-state index in [9.17, 15) is 8.78 Å². The van der Waals surface area contributed by atoms with Gasteiger partial charge in [-0.2, -0.15) is 5.10 Å². The van der Waals surface area contributed by atoms with Crippen molar-refractivity contribution < 1.29 is 8.78 Å². The monoisotopic (exact) mass is 433 g/mol. The molecule has 0 aliphatic carbocycles. The Labute approximate surface area is 161 Å². The van der Waals surface area contributed by atoms with Gasteiger partial charge in [-0.15, -0.1) is 5.10 Å². The summed E-state index contributed by atoms with van der Waals surface area (Å²) in [4.78, 5) is 4.01. The van der Waals surface area contributed by atoms with Gasteiger partial charge in [0.15, 0.2) is 5.82 Å². The van der Waals surface area contributed by atoms with Crippen LogP contribution in [0.2, 0.25) is 0 Å². The van der Waals surface area contributed by atoms with Crippen molar-refractivity contribution in [2.45, 2.75) is 19.3 Å². The molecule has 3 heterocycles. The maximum Gasteiger partial charge on any atom is 0.152 e. The topological polar surface area (TPSA) is 86.9 Å². The van der Waals surface area contributed by atoms with Crippen LogP contribution in [0.4, 0.5) is 14.6 Å². The van der Waals surface area contributed by atoms with Crippen LogP contribution in [0.3, 0.4) is 0 Å². The fourth-order valence-corrected chi connectivity index (χ4v) is 3.68. The van der Waals surface area contributed by atoms with Crippen molar-refractivity contribution in [3.05, 3.63) is 64.3 Å². The van der Waals surface area contributed by atoms with E-state index >= 15 is 0 Å². The molecule has 0 spiro atoms. The van der Waals surface area contributed by atoms with Gasteiger partial charge in [-0.1, -0.05) is 12.1 Å². The molecule has 4 aromatic rings. The molecular formula is C17H14BrF2N7. The highest BCUT2D eigenvalue weighted by atomic mass is 79.9. The highest BCUT2D eigenvalue weighted by Crippen LogP contribution is 2.33. The SMILES string of the molecule is CCC(c1cn(-c2cc(F)ccc2F)nn1)c1cc(Br)c2c(N)ncnn12. The summed E-state index contributed by atoms with van der Waals surface area (Å²) in [6.45, 7) is 1.99. The Kier molecular flexibility index (Phi) is 4.34. The lowest BCUT2D eigenvalue weighted by Gasteiger charge is -2.11. The molecule has 0 amide bonds. The number of fused-ring (bicyclic) bond motifs is 1. The average Bonchev–Trinajstić information content (AvgIpc) is 3.25. The van der Waals surface area contributed by atoms with E-state index in [0.717, 1.165) is 28.4 Å². The Bertz CT molecular complexity index is 1140. The molecule has 0 fully saturated rings. The Morgan fingerprint density at radius 3 is 2.85 bits per heavy atom. The third-order valence-corrected chi connectivity index (χ3v) is 4.96. The minimum Gasteiger partial charge on any atom is -0.382 e. The van der Waals surface area contributed by atoms with Gasteiger partial charge in [0.2, 0.25) is 0 Å². The number of nitrogen functional groups attached to an aromatic ring is 1. The van der Waals surface area contributed by atoms with Gasteiger partial charge >= 0.3 is 0 Å². The van der Waals surface area contributed by atoms with Crippen molar-refractivity contribution >= 4 is 27.3 Å². The first-order valence-corrected chi connectivity index (χ1v) is 8.94. The van der Waals surface area contributed by atoms with E-state index in [4.69, 9.17) is 5.73 Å². The molecule has 3 aromatic heterocycles. The van der Waals surface area contributed by atoms with Gasteiger partial charge in [-0.05, 0) is 40.5 Å². The predicted octanol–water partition coefficient (Wildman–Crippen LogP) is 3.47. The van der Waals surface area contributed by atoms with Crippen LogP contribution in [-0.2, 0) is 0 Å². The molecule has 0 aliphatic rings. The van der Waals surface area contributed by atoms with Crippen LogP contribution < -0.4 is 5.73 Å². The molecule has 0 saturated heterocycles. The number of halogens is 3. The van der Waals surface area contributed by atoms with Gasteiger partial charge in [0, 0.05) is 16.5 Å². The second-order valence-electron chi connectivity index (χ2n) is 5.97. The van der Waals surface area contributed by atoms with E-state index in [1.54, 1.807) is 10.7 Å². The predicted molar refractivity (Wildman–Crippen MR) is 98.5 cm³/mol. The van der Waals surface area contributed by atoms with E-state index < -0.39 is 11.6 Å². The molecule has 27 heavy (non-hydrogen) atoms. The third-order valence-electron chi connectivity index (χ3n) is 4.35. The van der Waals surface area contributed by atoms with Crippen LogP contribution in [0.1, 0.15) is 30.7 Å². The highest BCUT2D eigenvalue weighted by molar-refractivity contribution is 9.10. The van der Waals surface area contributed by atoms with E-state index in [1.165, 1.54) is 11.0 Å². The summed E-state index contributed by atoms with van der Waals surface area (Å²) in [6, 6.07) is 5.09. The molecule has 1 unspecified atom stereocenters. The smallest absolute Gasteiger partial charge is 0.152 e. The van der Waals surface area contributed by atoms with E-state index in [0.29, 0.717) is 23.4 Å². The van der Waals surface area contributed by atoms with Crippen molar-refractivity contribution in [3.63, 3.8) is 0 Å². The van der Waals surface area contributed by atoms with Gasteiger partial charge in [-0.25, -0.2) is 23.0 Å². The maximum absolute atomic E-state index is 14.0. The van der Waals surface area contributed by atoms with Crippen LogP contribution in [0.25, 0.3) is 11.2 Å². The second-order valence-corrected chi connectivity index (χ2v) is 6.82. The maximum atomic E-state index is 14.0. The molecule has 0 saturated carbocycles. The molecule has 0 bridgehead atoms.